The van der Waals surface area contributed by atoms with E-state index >= 15 is 0 Å². The number of rotatable bonds is 1. The molecular formula is C9H12N2O. The van der Waals surface area contributed by atoms with Crippen LogP contribution in [0.1, 0.15) is 26.0 Å². The summed E-state index contributed by atoms with van der Waals surface area (Å²) in [6, 6.07) is 3.62. The van der Waals surface area contributed by atoms with Crippen molar-refractivity contribution in [2.24, 2.45) is 5.41 Å². The SMILES string of the molecule is CC1(C)CC1(O)c1cccnn1. The van der Waals surface area contributed by atoms with E-state index in [1.165, 1.54) is 0 Å². The Bertz CT molecular complexity index is 297. The van der Waals surface area contributed by atoms with Crippen molar-refractivity contribution in [2.45, 2.75) is 25.9 Å². The first-order chi connectivity index (χ1) is 5.56. The van der Waals surface area contributed by atoms with Gasteiger partial charge in [-0.3, -0.25) is 0 Å². The Balaban J connectivity index is 2.35. The van der Waals surface area contributed by atoms with E-state index in [9.17, 15) is 5.11 Å². The lowest BCUT2D eigenvalue weighted by Crippen LogP contribution is -2.15. The van der Waals surface area contributed by atoms with Gasteiger partial charge in [-0.15, -0.1) is 0 Å². The Morgan fingerprint density at radius 3 is 2.58 bits per heavy atom. The van der Waals surface area contributed by atoms with E-state index in [2.05, 4.69) is 10.2 Å². The van der Waals surface area contributed by atoms with Gasteiger partial charge in [-0.2, -0.15) is 10.2 Å². The highest BCUT2D eigenvalue weighted by Crippen LogP contribution is 2.61. The van der Waals surface area contributed by atoms with Crippen LogP contribution in [0.5, 0.6) is 0 Å². The van der Waals surface area contributed by atoms with Crippen molar-refractivity contribution in [2.75, 3.05) is 0 Å². The first-order valence-electron chi connectivity index (χ1n) is 4.07. The molecule has 1 aromatic rings. The average Bonchev–Trinajstić information content (AvgIpc) is 2.55. The molecule has 1 unspecified atom stereocenters. The molecule has 3 nitrogen and oxygen atoms in total. The van der Waals surface area contributed by atoms with Gasteiger partial charge in [-0.25, -0.2) is 0 Å². The minimum atomic E-state index is -0.735. The molecule has 1 aromatic heterocycles. The van der Waals surface area contributed by atoms with Crippen molar-refractivity contribution >= 4 is 0 Å². The summed E-state index contributed by atoms with van der Waals surface area (Å²) in [6.45, 7) is 4.06. The molecule has 1 saturated carbocycles. The van der Waals surface area contributed by atoms with Gasteiger partial charge in [0.15, 0.2) is 0 Å². The van der Waals surface area contributed by atoms with E-state index in [0.717, 1.165) is 6.42 Å². The van der Waals surface area contributed by atoms with Crippen molar-refractivity contribution in [3.05, 3.63) is 24.0 Å². The predicted molar refractivity (Wildman–Crippen MR) is 44.3 cm³/mol. The van der Waals surface area contributed by atoms with Gasteiger partial charge in [0.2, 0.25) is 0 Å². The third-order valence-electron chi connectivity index (χ3n) is 2.69. The molecule has 0 aliphatic heterocycles. The normalized spacial score (nSPS) is 31.6. The van der Waals surface area contributed by atoms with Crippen molar-refractivity contribution in [1.29, 1.82) is 0 Å². The first-order valence-corrected chi connectivity index (χ1v) is 4.07. The van der Waals surface area contributed by atoms with E-state index in [-0.39, 0.29) is 5.41 Å². The van der Waals surface area contributed by atoms with Crippen LogP contribution in [0.25, 0.3) is 0 Å². The molecule has 12 heavy (non-hydrogen) atoms. The van der Waals surface area contributed by atoms with E-state index in [1.807, 2.05) is 19.9 Å². The maximum absolute atomic E-state index is 10.0. The Kier molecular flexibility index (Phi) is 1.31. The lowest BCUT2D eigenvalue weighted by molar-refractivity contribution is 0.103. The van der Waals surface area contributed by atoms with Gasteiger partial charge in [-0.05, 0) is 18.6 Å². The molecule has 0 aromatic carbocycles. The largest absolute Gasteiger partial charge is 0.383 e. The van der Waals surface area contributed by atoms with Gasteiger partial charge in [0, 0.05) is 11.6 Å². The summed E-state index contributed by atoms with van der Waals surface area (Å²) in [4.78, 5) is 0. The highest BCUT2D eigenvalue weighted by atomic mass is 16.3. The van der Waals surface area contributed by atoms with Gasteiger partial charge in [0.1, 0.15) is 5.60 Å². The molecule has 64 valence electrons. The van der Waals surface area contributed by atoms with Crippen molar-refractivity contribution < 1.29 is 5.11 Å². The second kappa shape index (κ2) is 2.04. The molecule has 2 rings (SSSR count). The second-order valence-corrected chi connectivity index (χ2v) is 4.03. The topological polar surface area (TPSA) is 46.0 Å². The van der Waals surface area contributed by atoms with Crippen LogP contribution < -0.4 is 0 Å². The van der Waals surface area contributed by atoms with Crippen molar-refractivity contribution in [3.8, 4) is 0 Å². The first kappa shape index (κ1) is 7.68. The third-order valence-corrected chi connectivity index (χ3v) is 2.69. The minimum Gasteiger partial charge on any atom is -0.383 e. The fourth-order valence-corrected chi connectivity index (χ4v) is 1.55. The smallest absolute Gasteiger partial charge is 0.114 e. The minimum absolute atomic E-state index is 0.0387. The van der Waals surface area contributed by atoms with Gasteiger partial charge in [-0.1, -0.05) is 13.8 Å². The lowest BCUT2D eigenvalue weighted by atomic mass is 10.0. The molecule has 0 radical (unpaired) electrons. The molecule has 1 N–H and O–H groups in total. The van der Waals surface area contributed by atoms with Crippen LogP contribution in [0, 0.1) is 5.41 Å². The second-order valence-electron chi connectivity index (χ2n) is 4.03. The summed E-state index contributed by atoms with van der Waals surface area (Å²) >= 11 is 0. The molecule has 0 saturated heterocycles. The summed E-state index contributed by atoms with van der Waals surface area (Å²) in [5.74, 6) is 0. The summed E-state index contributed by atoms with van der Waals surface area (Å²) in [6.07, 6.45) is 2.39. The van der Waals surface area contributed by atoms with Crippen LogP contribution in [0.2, 0.25) is 0 Å². The number of nitrogens with zero attached hydrogens (tertiary/aromatic N) is 2. The fraction of sp³-hybridized carbons (Fsp3) is 0.556. The summed E-state index contributed by atoms with van der Waals surface area (Å²) < 4.78 is 0. The third kappa shape index (κ3) is 0.862. The molecule has 1 atom stereocenters. The summed E-state index contributed by atoms with van der Waals surface area (Å²) in [7, 11) is 0. The summed E-state index contributed by atoms with van der Waals surface area (Å²) in [5.41, 5.74) is -0.0837. The molecular weight excluding hydrogens is 152 g/mol. The molecule has 0 spiro atoms. The predicted octanol–water partition coefficient (Wildman–Crippen LogP) is 1.09. The Labute approximate surface area is 71.5 Å². The number of hydrogen-bond acceptors (Lipinski definition) is 3. The average molecular weight is 164 g/mol. The van der Waals surface area contributed by atoms with Crippen LogP contribution in [0.15, 0.2) is 18.3 Å². The highest BCUT2D eigenvalue weighted by Gasteiger charge is 2.62. The Hall–Kier alpha value is -0.960. The van der Waals surface area contributed by atoms with Crippen LogP contribution in [-0.2, 0) is 5.60 Å². The van der Waals surface area contributed by atoms with Gasteiger partial charge in [0.25, 0.3) is 0 Å². The highest BCUT2D eigenvalue weighted by molar-refractivity contribution is 5.25. The van der Waals surface area contributed by atoms with Crippen molar-refractivity contribution in [3.63, 3.8) is 0 Å². The number of hydrogen-bond donors (Lipinski definition) is 1. The molecule has 1 aliphatic rings. The number of aromatic nitrogens is 2. The van der Waals surface area contributed by atoms with Crippen LogP contribution in [-0.4, -0.2) is 15.3 Å². The van der Waals surface area contributed by atoms with E-state index in [0.29, 0.717) is 5.69 Å². The van der Waals surface area contributed by atoms with E-state index in [4.69, 9.17) is 0 Å². The van der Waals surface area contributed by atoms with Gasteiger partial charge < -0.3 is 5.11 Å². The van der Waals surface area contributed by atoms with Crippen molar-refractivity contribution in [1.82, 2.24) is 10.2 Å². The molecule has 1 fully saturated rings. The number of aliphatic hydroxyl groups is 1. The van der Waals surface area contributed by atoms with E-state index < -0.39 is 5.60 Å². The molecule has 0 bridgehead atoms. The Morgan fingerprint density at radius 2 is 2.17 bits per heavy atom. The van der Waals surface area contributed by atoms with Crippen LogP contribution >= 0.6 is 0 Å². The van der Waals surface area contributed by atoms with Crippen LogP contribution in [0.4, 0.5) is 0 Å². The zero-order chi connectivity index (χ0) is 8.82. The maximum atomic E-state index is 10.0. The van der Waals surface area contributed by atoms with E-state index in [1.54, 1.807) is 12.3 Å². The zero-order valence-electron chi connectivity index (χ0n) is 7.28. The Morgan fingerprint density at radius 1 is 1.50 bits per heavy atom. The summed E-state index contributed by atoms with van der Waals surface area (Å²) in [5, 5.41) is 17.7. The quantitative estimate of drug-likeness (QED) is 0.676. The molecule has 0 amide bonds. The lowest BCUT2D eigenvalue weighted by Gasteiger charge is -2.11. The van der Waals surface area contributed by atoms with Gasteiger partial charge in [0.05, 0.1) is 5.69 Å². The standard InChI is InChI=1S/C9H12N2O/c1-8(2)6-9(8,12)7-4-3-5-10-11-7/h3-5,12H,6H2,1-2H3. The molecule has 1 aliphatic carbocycles. The monoisotopic (exact) mass is 164 g/mol. The fourth-order valence-electron chi connectivity index (χ4n) is 1.55. The molecule has 3 heteroatoms. The maximum Gasteiger partial charge on any atom is 0.114 e. The van der Waals surface area contributed by atoms with Crippen LogP contribution in [0.3, 0.4) is 0 Å². The molecule has 1 heterocycles. The zero-order valence-corrected chi connectivity index (χ0v) is 7.28. The van der Waals surface area contributed by atoms with Gasteiger partial charge >= 0.3 is 0 Å².